The van der Waals surface area contributed by atoms with Crippen molar-refractivity contribution >= 4 is 11.9 Å². The van der Waals surface area contributed by atoms with Crippen LogP contribution in [0.3, 0.4) is 0 Å². The van der Waals surface area contributed by atoms with Gasteiger partial charge in [-0.05, 0) is 45.2 Å². The molecule has 0 aliphatic carbocycles. The van der Waals surface area contributed by atoms with Gasteiger partial charge in [0.2, 0.25) is 5.91 Å². The Morgan fingerprint density at radius 2 is 1.96 bits per heavy atom. The number of amides is 1. The number of piperidine rings is 1. The smallest absolute Gasteiger partial charge is 0.220 e. The van der Waals surface area contributed by atoms with E-state index in [-0.39, 0.29) is 5.91 Å². The van der Waals surface area contributed by atoms with Crippen molar-refractivity contribution in [3.63, 3.8) is 0 Å². The Bertz CT molecular complexity index is 611. The van der Waals surface area contributed by atoms with Gasteiger partial charge in [0.05, 0.1) is 6.54 Å². The van der Waals surface area contributed by atoms with E-state index in [0.29, 0.717) is 18.4 Å². The van der Waals surface area contributed by atoms with E-state index in [1.165, 1.54) is 5.56 Å². The van der Waals surface area contributed by atoms with Gasteiger partial charge in [-0.1, -0.05) is 30.3 Å². The molecule has 0 bridgehead atoms. The molecule has 1 fully saturated rings. The van der Waals surface area contributed by atoms with Crippen LogP contribution in [0.2, 0.25) is 0 Å². The SMILES string of the molecule is CCNC(=NCC(C)N(C)Cc1ccccc1)N1CCC(CC(=O)NC)CC1. The average Bonchev–Trinajstić information content (AvgIpc) is 2.72. The maximum Gasteiger partial charge on any atom is 0.220 e. The van der Waals surface area contributed by atoms with Crippen LogP contribution in [0.4, 0.5) is 0 Å². The first-order chi connectivity index (χ1) is 13.5. The third-order valence-corrected chi connectivity index (χ3v) is 5.53. The highest BCUT2D eigenvalue weighted by Gasteiger charge is 2.23. The van der Waals surface area contributed by atoms with E-state index in [0.717, 1.165) is 51.5 Å². The first kappa shape index (κ1) is 22.2. The van der Waals surface area contributed by atoms with Crippen LogP contribution >= 0.6 is 0 Å². The molecule has 1 aromatic carbocycles. The molecule has 1 saturated heterocycles. The molecule has 1 aliphatic heterocycles. The number of benzene rings is 1. The van der Waals surface area contributed by atoms with E-state index < -0.39 is 0 Å². The van der Waals surface area contributed by atoms with Crippen molar-refractivity contribution in [2.45, 2.75) is 45.7 Å². The van der Waals surface area contributed by atoms with Crippen molar-refractivity contribution in [2.75, 3.05) is 40.3 Å². The Hall–Kier alpha value is -2.08. The number of carbonyl (C=O) groups excluding carboxylic acids is 1. The summed E-state index contributed by atoms with van der Waals surface area (Å²) < 4.78 is 0. The molecule has 6 nitrogen and oxygen atoms in total. The fourth-order valence-electron chi connectivity index (χ4n) is 3.52. The molecule has 28 heavy (non-hydrogen) atoms. The number of likely N-dealkylation sites (N-methyl/N-ethyl adjacent to an activating group) is 1. The third-order valence-electron chi connectivity index (χ3n) is 5.53. The lowest BCUT2D eigenvalue weighted by Gasteiger charge is -2.34. The molecule has 1 amide bonds. The second kappa shape index (κ2) is 11.7. The fraction of sp³-hybridized carbons (Fsp3) is 0.636. The molecule has 1 heterocycles. The molecule has 6 heteroatoms. The van der Waals surface area contributed by atoms with E-state index in [1.54, 1.807) is 7.05 Å². The highest BCUT2D eigenvalue weighted by molar-refractivity contribution is 5.80. The van der Waals surface area contributed by atoms with E-state index in [2.05, 4.69) is 71.7 Å². The van der Waals surface area contributed by atoms with Gasteiger partial charge in [0, 0.05) is 45.7 Å². The quantitative estimate of drug-likeness (QED) is 0.531. The average molecular weight is 388 g/mol. The van der Waals surface area contributed by atoms with E-state index >= 15 is 0 Å². The summed E-state index contributed by atoms with van der Waals surface area (Å²) >= 11 is 0. The number of carbonyl (C=O) groups is 1. The second-order valence-corrected chi connectivity index (χ2v) is 7.75. The standard InChI is InChI=1S/C22H37N5O/c1-5-24-22(27-13-11-19(12-14-27)15-21(28)23-3)25-16-18(2)26(4)17-20-9-7-6-8-10-20/h6-10,18-19H,5,11-17H2,1-4H3,(H,23,28)(H,24,25). The van der Waals surface area contributed by atoms with Crippen LogP contribution < -0.4 is 10.6 Å². The highest BCUT2D eigenvalue weighted by atomic mass is 16.1. The van der Waals surface area contributed by atoms with Crippen molar-refractivity contribution in [3.8, 4) is 0 Å². The maximum atomic E-state index is 11.6. The van der Waals surface area contributed by atoms with Gasteiger partial charge in [-0.15, -0.1) is 0 Å². The number of hydrogen-bond acceptors (Lipinski definition) is 3. The zero-order chi connectivity index (χ0) is 20.4. The molecule has 1 aliphatic rings. The van der Waals surface area contributed by atoms with Crippen LogP contribution in [0.25, 0.3) is 0 Å². The molecule has 0 radical (unpaired) electrons. The maximum absolute atomic E-state index is 11.6. The zero-order valence-corrected chi connectivity index (χ0v) is 17.9. The second-order valence-electron chi connectivity index (χ2n) is 7.75. The number of aliphatic imine (C=N–C) groups is 1. The summed E-state index contributed by atoms with van der Waals surface area (Å²) in [5.41, 5.74) is 1.32. The minimum Gasteiger partial charge on any atom is -0.359 e. The van der Waals surface area contributed by atoms with Gasteiger partial charge in [0.1, 0.15) is 0 Å². The lowest BCUT2D eigenvalue weighted by atomic mass is 9.93. The Morgan fingerprint density at radius 3 is 2.57 bits per heavy atom. The van der Waals surface area contributed by atoms with Gasteiger partial charge in [-0.25, -0.2) is 0 Å². The van der Waals surface area contributed by atoms with Crippen molar-refractivity contribution < 1.29 is 4.79 Å². The van der Waals surface area contributed by atoms with Gasteiger partial charge < -0.3 is 15.5 Å². The zero-order valence-electron chi connectivity index (χ0n) is 17.9. The summed E-state index contributed by atoms with van der Waals surface area (Å²) in [7, 11) is 3.87. The van der Waals surface area contributed by atoms with Crippen LogP contribution in [-0.2, 0) is 11.3 Å². The fourth-order valence-corrected chi connectivity index (χ4v) is 3.52. The molecule has 2 N–H and O–H groups in total. The molecular formula is C22H37N5O. The molecule has 0 saturated carbocycles. The minimum atomic E-state index is 0.148. The summed E-state index contributed by atoms with van der Waals surface area (Å²) in [5, 5.41) is 6.18. The molecular weight excluding hydrogens is 350 g/mol. The van der Waals surface area contributed by atoms with Gasteiger partial charge in [0.25, 0.3) is 0 Å². The van der Waals surface area contributed by atoms with Crippen molar-refractivity contribution in [3.05, 3.63) is 35.9 Å². The number of hydrogen-bond donors (Lipinski definition) is 2. The number of likely N-dealkylation sites (tertiary alicyclic amines) is 1. The highest BCUT2D eigenvalue weighted by Crippen LogP contribution is 2.20. The lowest BCUT2D eigenvalue weighted by molar-refractivity contribution is -0.121. The number of nitrogens with one attached hydrogen (secondary N) is 2. The van der Waals surface area contributed by atoms with Crippen molar-refractivity contribution in [1.29, 1.82) is 0 Å². The normalized spacial score (nSPS) is 16.9. The molecule has 2 rings (SSSR count). The van der Waals surface area contributed by atoms with Gasteiger partial charge >= 0.3 is 0 Å². The first-order valence-corrected chi connectivity index (χ1v) is 10.5. The van der Waals surface area contributed by atoms with Crippen LogP contribution in [-0.4, -0.2) is 68.0 Å². The largest absolute Gasteiger partial charge is 0.359 e. The summed E-state index contributed by atoms with van der Waals surface area (Å²) in [4.78, 5) is 21.2. The first-order valence-electron chi connectivity index (χ1n) is 10.5. The molecule has 0 spiro atoms. The molecule has 1 unspecified atom stereocenters. The summed E-state index contributed by atoms with van der Waals surface area (Å²) in [6.07, 6.45) is 2.72. The van der Waals surface area contributed by atoms with Crippen LogP contribution in [0.1, 0.15) is 38.7 Å². The molecule has 1 aromatic rings. The van der Waals surface area contributed by atoms with Crippen molar-refractivity contribution in [1.82, 2.24) is 20.4 Å². The Labute approximate surface area is 170 Å². The van der Waals surface area contributed by atoms with Crippen molar-refractivity contribution in [2.24, 2.45) is 10.9 Å². The summed E-state index contributed by atoms with van der Waals surface area (Å²) in [5.74, 6) is 1.63. The minimum absolute atomic E-state index is 0.148. The Balaban J connectivity index is 1.86. The molecule has 0 aromatic heterocycles. The van der Waals surface area contributed by atoms with Crippen LogP contribution in [0.5, 0.6) is 0 Å². The molecule has 156 valence electrons. The van der Waals surface area contributed by atoms with E-state index in [4.69, 9.17) is 4.99 Å². The number of guanidine groups is 1. The van der Waals surface area contributed by atoms with E-state index in [1.807, 2.05) is 0 Å². The van der Waals surface area contributed by atoms with Gasteiger partial charge in [-0.3, -0.25) is 14.7 Å². The number of rotatable bonds is 8. The lowest BCUT2D eigenvalue weighted by Crippen LogP contribution is -2.46. The number of nitrogens with zero attached hydrogens (tertiary/aromatic N) is 3. The van der Waals surface area contributed by atoms with E-state index in [9.17, 15) is 4.79 Å². The summed E-state index contributed by atoms with van der Waals surface area (Å²) in [6, 6.07) is 10.9. The third kappa shape index (κ3) is 7.15. The van der Waals surface area contributed by atoms with Gasteiger partial charge in [0.15, 0.2) is 5.96 Å². The van der Waals surface area contributed by atoms with Crippen LogP contribution in [0, 0.1) is 5.92 Å². The topological polar surface area (TPSA) is 60.0 Å². The molecule has 1 atom stereocenters. The Kier molecular flexibility index (Phi) is 9.28. The summed E-state index contributed by atoms with van der Waals surface area (Å²) in [6.45, 7) is 8.82. The van der Waals surface area contributed by atoms with Crippen LogP contribution in [0.15, 0.2) is 35.3 Å². The predicted molar refractivity (Wildman–Crippen MR) is 116 cm³/mol. The van der Waals surface area contributed by atoms with Gasteiger partial charge in [-0.2, -0.15) is 0 Å². The Morgan fingerprint density at radius 1 is 1.29 bits per heavy atom. The monoisotopic (exact) mass is 387 g/mol. The predicted octanol–water partition coefficient (Wildman–Crippen LogP) is 2.32.